The second kappa shape index (κ2) is 10.6. The number of carbonyl (C=O) groups excluding carboxylic acids is 1. The smallest absolute Gasteiger partial charge is 0.337 e. The van der Waals surface area contributed by atoms with E-state index in [9.17, 15) is 4.79 Å². The predicted octanol–water partition coefficient (Wildman–Crippen LogP) is 7.03. The van der Waals surface area contributed by atoms with Crippen molar-refractivity contribution in [3.8, 4) is 5.75 Å². The van der Waals surface area contributed by atoms with Crippen LogP contribution in [0.3, 0.4) is 0 Å². The van der Waals surface area contributed by atoms with Gasteiger partial charge in [0, 0.05) is 13.0 Å². The molecular formula is C35H38N2O4. The number of aromatic nitrogens is 2. The summed E-state index contributed by atoms with van der Waals surface area (Å²) in [6, 6.07) is 24.9. The van der Waals surface area contributed by atoms with Gasteiger partial charge in [0.1, 0.15) is 18.2 Å². The highest BCUT2D eigenvalue weighted by Crippen LogP contribution is 2.59. The van der Waals surface area contributed by atoms with Crippen molar-refractivity contribution in [2.45, 2.75) is 76.0 Å². The third-order valence-corrected chi connectivity index (χ3v) is 10.1. The van der Waals surface area contributed by atoms with Gasteiger partial charge < -0.3 is 18.8 Å². The number of nitrogens with zero attached hydrogens (tertiary/aromatic N) is 2. The lowest BCUT2D eigenvalue weighted by Gasteiger charge is -2.54. The van der Waals surface area contributed by atoms with Gasteiger partial charge in [-0.25, -0.2) is 9.78 Å². The van der Waals surface area contributed by atoms with Crippen LogP contribution in [0, 0.1) is 5.41 Å². The molecule has 0 amide bonds. The Morgan fingerprint density at radius 3 is 2.46 bits per heavy atom. The van der Waals surface area contributed by atoms with E-state index in [4.69, 9.17) is 19.2 Å². The number of esters is 1. The Morgan fingerprint density at radius 1 is 0.976 bits per heavy atom. The zero-order valence-electron chi connectivity index (χ0n) is 23.8. The van der Waals surface area contributed by atoms with E-state index >= 15 is 0 Å². The van der Waals surface area contributed by atoms with Crippen molar-refractivity contribution in [2.24, 2.45) is 5.41 Å². The minimum atomic E-state index is -0.315. The van der Waals surface area contributed by atoms with Crippen molar-refractivity contribution in [1.82, 2.24) is 9.55 Å². The summed E-state index contributed by atoms with van der Waals surface area (Å²) in [5.41, 5.74) is 5.64. The molecule has 0 radical (unpaired) electrons. The molecule has 0 unspecified atom stereocenters. The molecule has 1 saturated heterocycles. The van der Waals surface area contributed by atoms with E-state index in [1.807, 2.05) is 24.3 Å². The maximum atomic E-state index is 12.3. The van der Waals surface area contributed by atoms with Crippen molar-refractivity contribution in [1.29, 1.82) is 0 Å². The van der Waals surface area contributed by atoms with Crippen LogP contribution in [0.15, 0.2) is 72.8 Å². The van der Waals surface area contributed by atoms with E-state index in [1.165, 1.54) is 56.8 Å². The molecule has 2 bridgehead atoms. The topological polar surface area (TPSA) is 62.6 Å². The van der Waals surface area contributed by atoms with Crippen LogP contribution >= 0.6 is 0 Å². The first-order valence-corrected chi connectivity index (χ1v) is 15.0. The number of hydrogen-bond donors (Lipinski definition) is 0. The lowest BCUT2D eigenvalue weighted by molar-refractivity contribution is -0.0594. The van der Waals surface area contributed by atoms with Crippen LogP contribution in [0.5, 0.6) is 5.75 Å². The first-order chi connectivity index (χ1) is 20.0. The Balaban J connectivity index is 1.10. The molecule has 6 nitrogen and oxygen atoms in total. The molecule has 1 aromatic heterocycles. The summed E-state index contributed by atoms with van der Waals surface area (Å²) in [5, 5.41) is 0. The monoisotopic (exact) mass is 550 g/mol. The SMILES string of the molecule is COC(=O)c1ccc2nc(CC34CCC(c5cccc(OCc6ccccc6)c5)(CC3)CC4)n(C[C@@H]3CCO3)c2c1. The van der Waals surface area contributed by atoms with Gasteiger partial charge in [0.25, 0.3) is 0 Å². The number of methoxy groups -OCH3 is 1. The third-order valence-electron chi connectivity index (χ3n) is 10.1. The Kier molecular flexibility index (Phi) is 6.82. The van der Waals surface area contributed by atoms with E-state index in [1.54, 1.807) is 0 Å². The number of imidazole rings is 1. The van der Waals surface area contributed by atoms with E-state index in [0.717, 1.165) is 48.6 Å². The first kappa shape index (κ1) is 26.3. The number of fused-ring (bicyclic) bond motifs is 4. The molecule has 4 aromatic rings. The summed E-state index contributed by atoms with van der Waals surface area (Å²) in [4.78, 5) is 17.4. The molecule has 41 heavy (non-hydrogen) atoms. The van der Waals surface area contributed by atoms with Crippen LogP contribution in [-0.2, 0) is 34.5 Å². The summed E-state index contributed by atoms with van der Waals surface area (Å²) < 4.78 is 19.3. The van der Waals surface area contributed by atoms with E-state index in [2.05, 4.69) is 53.1 Å². The minimum Gasteiger partial charge on any atom is -0.489 e. The molecule has 3 saturated carbocycles. The largest absolute Gasteiger partial charge is 0.489 e. The number of rotatable bonds is 9. The summed E-state index contributed by atoms with van der Waals surface area (Å²) in [6.07, 6.45) is 9.48. The molecule has 3 aliphatic carbocycles. The fraction of sp³-hybridized carbons (Fsp3) is 0.429. The molecule has 1 aliphatic heterocycles. The normalized spacial score (nSPS) is 25.1. The molecule has 2 heterocycles. The zero-order chi connectivity index (χ0) is 27.9. The van der Waals surface area contributed by atoms with Crippen LogP contribution in [0.4, 0.5) is 0 Å². The lowest BCUT2D eigenvalue weighted by Crippen LogP contribution is -2.45. The van der Waals surface area contributed by atoms with Crippen molar-refractivity contribution >= 4 is 17.0 Å². The maximum absolute atomic E-state index is 12.3. The van der Waals surface area contributed by atoms with Crippen LogP contribution in [0.1, 0.15) is 72.3 Å². The highest BCUT2D eigenvalue weighted by atomic mass is 16.5. The molecule has 4 aliphatic rings. The van der Waals surface area contributed by atoms with Crippen LogP contribution in [-0.4, -0.2) is 35.3 Å². The van der Waals surface area contributed by atoms with Gasteiger partial charge in [-0.05, 0) is 97.2 Å². The fourth-order valence-corrected chi connectivity index (χ4v) is 7.34. The second-order valence-electron chi connectivity index (χ2n) is 12.4. The Hall–Kier alpha value is -3.64. The quantitative estimate of drug-likeness (QED) is 0.210. The van der Waals surface area contributed by atoms with Gasteiger partial charge >= 0.3 is 5.97 Å². The van der Waals surface area contributed by atoms with Crippen LogP contribution < -0.4 is 4.74 Å². The standard InChI is InChI=1S/C35H38N2O4/c1-39-33(38)26-10-11-30-31(20-26)37(23-29-12-19-40-29)32(36-30)22-34-13-16-35(17-14-34,18-15-34)27-8-5-9-28(21-27)41-24-25-6-3-2-4-7-25/h2-11,20-21,29H,12-19,22-24H2,1H3/t29-,34?,35?/m0/s1. The number of benzene rings is 3. The van der Waals surface area contributed by atoms with Crippen molar-refractivity contribution in [3.05, 3.63) is 95.3 Å². The molecule has 4 fully saturated rings. The highest BCUT2D eigenvalue weighted by molar-refractivity contribution is 5.93. The lowest BCUT2D eigenvalue weighted by atomic mass is 9.51. The average molecular weight is 551 g/mol. The van der Waals surface area contributed by atoms with Gasteiger partial charge in [0.05, 0.1) is 36.4 Å². The van der Waals surface area contributed by atoms with Crippen molar-refractivity contribution < 1.29 is 19.0 Å². The van der Waals surface area contributed by atoms with Gasteiger partial charge in [-0.1, -0.05) is 42.5 Å². The summed E-state index contributed by atoms with van der Waals surface area (Å²) >= 11 is 0. The molecule has 6 heteroatoms. The number of carbonyl (C=O) groups is 1. The average Bonchev–Trinajstić information content (AvgIpc) is 3.34. The Bertz CT molecular complexity index is 1530. The molecule has 1 atom stereocenters. The summed E-state index contributed by atoms with van der Waals surface area (Å²) in [7, 11) is 1.43. The first-order valence-electron chi connectivity index (χ1n) is 15.0. The van der Waals surface area contributed by atoms with E-state index in [0.29, 0.717) is 12.2 Å². The van der Waals surface area contributed by atoms with Crippen LogP contribution in [0.25, 0.3) is 11.0 Å². The van der Waals surface area contributed by atoms with Crippen LogP contribution in [0.2, 0.25) is 0 Å². The summed E-state index contributed by atoms with van der Waals surface area (Å²) in [5.74, 6) is 1.77. The molecular weight excluding hydrogens is 512 g/mol. The predicted molar refractivity (Wildman–Crippen MR) is 158 cm³/mol. The van der Waals surface area contributed by atoms with Gasteiger partial charge in [-0.15, -0.1) is 0 Å². The molecule has 212 valence electrons. The van der Waals surface area contributed by atoms with Gasteiger partial charge in [-0.2, -0.15) is 0 Å². The van der Waals surface area contributed by atoms with Crippen molar-refractivity contribution in [3.63, 3.8) is 0 Å². The minimum absolute atomic E-state index is 0.215. The van der Waals surface area contributed by atoms with Crippen molar-refractivity contribution in [2.75, 3.05) is 13.7 Å². The maximum Gasteiger partial charge on any atom is 0.337 e. The number of hydrogen-bond acceptors (Lipinski definition) is 5. The highest BCUT2D eigenvalue weighted by Gasteiger charge is 2.49. The molecule has 0 spiro atoms. The Morgan fingerprint density at radius 2 is 1.76 bits per heavy atom. The molecule has 8 rings (SSSR count). The molecule has 3 aromatic carbocycles. The Labute approximate surface area is 241 Å². The molecule has 0 N–H and O–H groups in total. The second-order valence-corrected chi connectivity index (χ2v) is 12.4. The number of ether oxygens (including phenoxy) is 3. The van der Waals surface area contributed by atoms with E-state index in [-0.39, 0.29) is 22.9 Å². The zero-order valence-corrected chi connectivity index (χ0v) is 23.8. The summed E-state index contributed by atoms with van der Waals surface area (Å²) in [6.45, 7) is 2.20. The third kappa shape index (κ3) is 5.03. The van der Waals surface area contributed by atoms with Gasteiger partial charge in [0.2, 0.25) is 0 Å². The van der Waals surface area contributed by atoms with Gasteiger partial charge in [-0.3, -0.25) is 0 Å². The fourth-order valence-electron chi connectivity index (χ4n) is 7.34. The van der Waals surface area contributed by atoms with Gasteiger partial charge in [0.15, 0.2) is 0 Å². The van der Waals surface area contributed by atoms with E-state index < -0.39 is 0 Å².